The number of morpholine rings is 1. The molecule has 1 aliphatic rings. The van der Waals surface area contributed by atoms with Gasteiger partial charge in [0.05, 0.1) is 30.2 Å². The Bertz CT molecular complexity index is 933. The smallest absolute Gasteiger partial charge is 0.236 e. The first-order valence-electron chi connectivity index (χ1n) is 9.23. The zero-order chi connectivity index (χ0) is 19.3. The molecule has 1 N–H and O–H groups in total. The molecule has 0 atom stereocenters. The molecule has 0 radical (unpaired) electrons. The summed E-state index contributed by atoms with van der Waals surface area (Å²) in [6, 6.07) is 7.84. The number of carbonyl (C=O) groups is 1. The van der Waals surface area contributed by atoms with Gasteiger partial charge in [-0.05, 0) is 36.1 Å². The molecule has 0 bridgehead atoms. The second-order valence-corrected chi connectivity index (χ2v) is 7.52. The Labute approximate surface area is 167 Å². The second kappa shape index (κ2) is 8.53. The Hall–Kier alpha value is -2.71. The Balaban J connectivity index is 1.35. The van der Waals surface area contributed by atoms with Crippen molar-refractivity contribution in [3.63, 3.8) is 0 Å². The molecule has 0 aliphatic carbocycles. The Morgan fingerprint density at radius 1 is 1.32 bits per heavy atom. The van der Waals surface area contributed by atoms with Crippen molar-refractivity contribution in [3.8, 4) is 10.8 Å². The Morgan fingerprint density at radius 3 is 2.96 bits per heavy atom. The van der Waals surface area contributed by atoms with E-state index in [2.05, 4.69) is 20.2 Å². The van der Waals surface area contributed by atoms with Gasteiger partial charge < -0.3 is 19.4 Å². The summed E-state index contributed by atoms with van der Waals surface area (Å²) < 4.78 is 11.1. The van der Waals surface area contributed by atoms with Crippen LogP contribution < -0.4 is 10.2 Å². The van der Waals surface area contributed by atoms with Gasteiger partial charge in [-0.3, -0.25) is 4.79 Å². The van der Waals surface area contributed by atoms with E-state index in [-0.39, 0.29) is 12.3 Å². The highest BCUT2D eigenvalue weighted by Gasteiger charge is 2.16. The number of carbonyl (C=O) groups excluding carboxylic acids is 1. The molecule has 0 spiro atoms. The molecule has 1 fully saturated rings. The molecule has 1 amide bonds. The number of hydrogen-bond acceptors (Lipinski definition) is 7. The summed E-state index contributed by atoms with van der Waals surface area (Å²) in [6.45, 7) is 5.39. The third kappa shape index (κ3) is 4.40. The van der Waals surface area contributed by atoms with E-state index in [1.807, 2.05) is 36.6 Å². The van der Waals surface area contributed by atoms with Gasteiger partial charge in [-0.1, -0.05) is 6.07 Å². The van der Waals surface area contributed by atoms with Crippen LogP contribution in [-0.2, 0) is 22.5 Å². The number of anilines is 1. The number of aromatic nitrogens is 2. The maximum absolute atomic E-state index is 12.4. The molecular weight excluding hydrogens is 376 g/mol. The van der Waals surface area contributed by atoms with Crippen molar-refractivity contribution in [3.05, 3.63) is 52.9 Å². The van der Waals surface area contributed by atoms with Gasteiger partial charge in [0.15, 0.2) is 0 Å². The highest BCUT2D eigenvalue weighted by atomic mass is 32.1. The van der Waals surface area contributed by atoms with Gasteiger partial charge in [-0.2, -0.15) is 0 Å². The number of aryl methyl sites for hydroxylation is 1. The average Bonchev–Trinajstić information content (AvgIpc) is 3.38. The lowest BCUT2D eigenvalue weighted by molar-refractivity contribution is -0.120. The number of hydrogen-bond donors (Lipinski definition) is 1. The first-order chi connectivity index (χ1) is 13.7. The number of nitrogens with one attached hydrogen (secondary N) is 1. The van der Waals surface area contributed by atoms with Gasteiger partial charge in [-0.15, -0.1) is 11.3 Å². The Morgan fingerprint density at radius 2 is 2.18 bits per heavy atom. The maximum Gasteiger partial charge on any atom is 0.236 e. The van der Waals surface area contributed by atoms with E-state index in [9.17, 15) is 4.79 Å². The first kappa shape index (κ1) is 18.6. The van der Waals surface area contributed by atoms with Gasteiger partial charge in [0.1, 0.15) is 11.6 Å². The van der Waals surface area contributed by atoms with Crippen LogP contribution in [-0.4, -0.2) is 42.2 Å². The van der Waals surface area contributed by atoms with Crippen LogP contribution in [0.15, 0.2) is 40.3 Å². The highest BCUT2D eigenvalue weighted by molar-refractivity contribution is 7.13. The average molecular weight is 398 g/mol. The molecule has 0 unspecified atom stereocenters. The normalized spacial score (nSPS) is 14.2. The number of thiophene rings is 1. The van der Waals surface area contributed by atoms with E-state index in [4.69, 9.17) is 9.15 Å². The summed E-state index contributed by atoms with van der Waals surface area (Å²) in [7, 11) is 0. The zero-order valence-corrected chi connectivity index (χ0v) is 16.5. The van der Waals surface area contributed by atoms with E-state index in [1.165, 1.54) is 0 Å². The van der Waals surface area contributed by atoms with Crippen molar-refractivity contribution in [2.45, 2.75) is 19.9 Å². The number of nitrogens with zero attached hydrogens (tertiary/aromatic N) is 3. The lowest BCUT2D eigenvalue weighted by Gasteiger charge is -2.28. The summed E-state index contributed by atoms with van der Waals surface area (Å²) in [5.41, 5.74) is 1.69. The molecule has 0 saturated carbocycles. The molecule has 3 aromatic rings. The van der Waals surface area contributed by atoms with Crippen molar-refractivity contribution in [1.29, 1.82) is 0 Å². The summed E-state index contributed by atoms with van der Waals surface area (Å²) in [5.74, 6) is 2.08. The van der Waals surface area contributed by atoms with Crippen LogP contribution in [0.25, 0.3) is 10.8 Å². The number of ether oxygens (including phenoxy) is 1. The number of amides is 1. The summed E-state index contributed by atoms with van der Waals surface area (Å²) in [6.07, 6.45) is 1.98. The minimum atomic E-state index is -0.0844. The van der Waals surface area contributed by atoms with Crippen LogP contribution in [0.1, 0.15) is 17.0 Å². The van der Waals surface area contributed by atoms with Crippen molar-refractivity contribution in [2.75, 3.05) is 31.2 Å². The fraction of sp³-hybridized carbons (Fsp3) is 0.350. The van der Waals surface area contributed by atoms with E-state index in [1.54, 1.807) is 17.5 Å². The van der Waals surface area contributed by atoms with E-state index < -0.39 is 0 Å². The van der Waals surface area contributed by atoms with Gasteiger partial charge in [0.25, 0.3) is 0 Å². The van der Waals surface area contributed by atoms with Crippen LogP contribution in [0, 0.1) is 6.92 Å². The van der Waals surface area contributed by atoms with Crippen LogP contribution >= 0.6 is 11.3 Å². The topological polar surface area (TPSA) is 80.5 Å². The van der Waals surface area contributed by atoms with Crippen LogP contribution in [0.2, 0.25) is 0 Å². The number of rotatable bonds is 6. The molecular formula is C20H22N4O3S. The lowest BCUT2D eigenvalue weighted by Crippen LogP contribution is -2.36. The molecule has 7 nitrogen and oxygen atoms in total. The summed E-state index contributed by atoms with van der Waals surface area (Å²) >= 11 is 1.56. The van der Waals surface area contributed by atoms with E-state index >= 15 is 0 Å². The molecule has 28 heavy (non-hydrogen) atoms. The molecule has 0 aromatic carbocycles. The molecule has 4 rings (SSSR count). The fourth-order valence-electron chi connectivity index (χ4n) is 3.05. The standard InChI is InChI=1S/C20H22N4O3S/c1-14-16(23-20(27-14)17-3-2-10-28-17)12-19(25)22-13-15-4-5-21-18(11-15)24-6-8-26-9-7-24/h2-5,10-11H,6-9,12-13H2,1H3,(H,22,25). The molecule has 146 valence electrons. The maximum atomic E-state index is 12.4. The number of oxazole rings is 1. The third-order valence-electron chi connectivity index (χ3n) is 4.59. The van der Waals surface area contributed by atoms with Gasteiger partial charge >= 0.3 is 0 Å². The largest absolute Gasteiger partial charge is 0.440 e. The van der Waals surface area contributed by atoms with Gasteiger partial charge in [0.2, 0.25) is 11.8 Å². The van der Waals surface area contributed by atoms with Crippen molar-refractivity contribution in [2.24, 2.45) is 0 Å². The van der Waals surface area contributed by atoms with E-state index in [0.717, 1.165) is 29.3 Å². The predicted molar refractivity (Wildman–Crippen MR) is 107 cm³/mol. The molecule has 4 heterocycles. The molecule has 3 aromatic heterocycles. The van der Waals surface area contributed by atoms with Crippen LogP contribution in [0.3, 0.4) is 0 Å². The van der Waals surface area contributed by atoms with Gasteiger partial charge in [-0.25, -0.2) is 9.97 Å². The zero-order valence-electron chi connectivity index (χ0n) is 15.7. The van der Waals surface area contributed by atoms with Crippen molar-refractivity contribution < 1.29 is 13.9 Å². The second-order valence-electron chi connectivity index (χ2n) is 6.57. The SMILES string of the molecule is Cc1oc(-c2cccs2)nc1CC(=O)NCc1ccnc(N2CCOCC2)c1. The lowest BCUT2D eigenvalue weighted by atomic mass is 10.2. The predicted octanol–water partition coefficient (Wildman–Crippen LogP) is 2.80. The molecule has 8 heteroatoms. The van der Waals surface area contributed by atoms with Gasteiger partial charge in [0, 0.05) is 25.8 Å². The van der Waals surface area contributed by atoms with Crippen LogP contribution in [0.5, 0.6) is 0 Å². The van der Waals surface area contributed by atoms with Crippen molar-refractivity contribution in [1.82, 2.24) is 15.3 Å². The van der Waals surface area contributed by atoms with E-state index in [0.29, 0.717) is 37.1 Å². The quantitative estimate of drug-likeness (QED) is 0.688. The summed E-state index contributed by atoms with van der Waals surface area (Å²) in [4.78, 5) is 24.5. The summed E-state index contributed by atoms with van der Waals surface area (Å²) in [5, 5.41) is 4.93. The minimum absolute atomic E-state index is 0.0844. The third-order valence-corrected chi connectivity index (χ3v) is 5.45. The molecule has 1 saturated heterocycles. The first-order valence-corrected chi connectivity index (χ1v) is 10.1. The number of pyridine rings is 1. The van der Waals surface area contributed by atoms with Crippen LogP contribution in [0.4, 0.5) is 5.82 Å². The highest BCUT2D eigenvalue weighted by Crippen LogP contribution is 2.26. The molecule has 1 aliphatic heterocycles. The van der Waals surface area contributed by atoms with Crippen molar-refractivity contribution >= 4 is 23.1 Å². The minimum Gasteiger partial charge on any atom is -0.440 e. The Kier molecular flexibility index (Phi) is 5.68. The monoisotopic (exact) mass is 398 g/mol. The fourth-order valence-corrected chi connectivity index (χ4v) is 3.70.